The first-order chi connectivity index (χ1) is 16.8. The van der Waals surface area contributed by atoms with Gasteiger partial charge in [-0.3, -0.25) is 14.9 Å². The van der Waals surface area contributed by atoms with Gasteiger partial charge in [-0.25, -0.2) is 0 Å². The summed E-state index contributed by atoms with van der Waals surface area (Å²) >= 11 is 12.7. The van der Waals surface area contributed by atoms with E-state index >= 15 is 0 Å². The van der Waals surface area contributed by atoms with Crippen LogP contribution in [0.25, 0.3) is 6.08 Å². The van der Waals surface area contributed by atoms with Crippen molar-refractivity contribution in [2.75, 3.05) is 11.9 Å². The molecule has 0 fully saturated rings. The fourth-order valence-corrected chi connectivity index (χ4v) is 3.63. The van der Waals surface area contributed by atoms with Gasteiger partial charge in [0.2, 0.25) is 0 Å². The average Bonchev–Trinajstić information content (AvgIpc) is 2.82. The molecule has 0 heterocycles. The quantitative estimate of drug-likeness (QED) is 0.153. The third-order valence-corrected chi connectivity index (χ3v) is 5.19. The van der Waals surface area contributed by atoms with Gasteiger partial charge < -0.3 is 14.8 Å². The van der Waals surface area contributed by atoms with Gasteiger partial charge in [0.15, 0.2) is 5.75 Å². The second-order valence-corrected chi connectivity index (χ2v) is 7.93. The van der Waals surface area contributed by atoms with E-state index < -0.39 is 10.8 Å². The maximum atomic E-state index is 12.6. The number of rotatable bonds is 9. The molecule has 178 valence electrons. The molecule has 0 aliphatic carbocycles. The summed E-state index contributed by atoms with van der Waals surface area (Å²) in [5.41, 5.74) is 1.41. The number of nitro groups is 1. The predicted molar refractivity (Wildman–Crippen MR) is 134 cm³/mol. The Morgan fingerprint density at radius 2 is 1.80 bits per heavy atom. The molecular weight excluding hydrogens is 493 g/mol. The standard InChI is InChI=1S/C25H19Cl2N3O5/c1-2-34-21-5-3-4-19(13-21)29-25(31)18(14-28)10-17-11-22(26)24(23(27)12-17)35-15-16-6-8-20(9-7-16)30(32)33/h3-13H,2,15H2,1H3,(H,29,31)/b18-10-. The molecule has 0 aromatic heterocycles. The highest BCUT2D eigenvalue weighted by molar-refractivity contribution is 6.37. The highest BCUT2D eigenvalue weighted by Gasteiger charge is 2.14. The molecule has 0 saturated carbocycles. The number of benzene rings is 3. The number of nitriles is 1. The Morgan fingerprint density at radius 3 is 2.40 bits per heavy atom. The van der Waals surface area contributed by atoms with Crippen molar-refractivity contribution in [2.24, 2.45) is 0 Å². The molecule has 0 atom stereocenters. The highest BCUT2D eigenvalue weighted by atomic mass is 35.5. The number of carbonyl (C=O) groups excluding carboxylic acids is 1. The number of amides is 1. The van der Waals surface area contributed by atoms with Crippen LogP contribution in [0.1, 0.15) is 18.1 Å². The number of anilines is 1. The van der Waals surface area contributed by atoms with Crippen LogP contribution < -0.4 is 14.8 Å². The third kappa shape index (κ3) is 6.96. The number of nitro benzene ring substituents is 1. The lowest BCUT2D eigenvalue weighted by Gasteiger charge is -2.11. The molecule has 3 rings (SSSR count). The van der Waals surface area contributed by atoms with E-state index in [-0.39, 0.29) is 33.7 Å². The van der Waals surface area contributed by atoms with Crippen molar-refractivity contribution in [2.45, 2.75) is 13.5 Å². The summed E-state index contributed by atoms with van der Waals surface area (Å²) in [4.78, 5) is 22.9. The minimum absolute atomic E-state index is 0.0275. The number of halogens is 2. The Labute approximate surface area is 211 Å². The number of hydrogen-bond acceptors (Lipinski definition) is 6. The number of nitrogens with one attached hydrogen (secondary N) is 1. The van der Waals surface area contributed by atoms with E-state index in [1.54, 1.807) is 36.4 Å². The SMILES string of the molecule is CCOc1cccc(NC(=O)/C(C#N)=C\c2cc(Cl)c(OCc3ccc([N+](=O)[O-])cc3)c(Cl)c2)c1. The lowest BCUT2D eigenvalue weighted by atomic mass is 10.1. The summed E-state index contributed by atoms with van der Waals surface area (Å²) < 4.78 is 11.1. The van der Waals surface area contributed by atoms with Gasteiger partial charge >= 0.3 is 0 Å². The molecule has 0 saturated heterocycles. The molecular formula is C25H19Cl2N3O5. The van der Waals surface area contributed by atoms with Crippen molar-refractivity contribution in [1.29, 1.82) is 5.26 Å². The van der Waals surface area contributed by atoms with Gasteiger partial charge in [-0.05, 0) is 60.5 Å². The van der Waals surface area contributed by atoms with Crippen LogP contribution in [-0.2, 0) is 11.4 Å². The van der Waals surface area contributed by atoms with Crippen LogP contribution in [0, 0.1) is 21.4 Å². The summed E-state index contributed by atoms with van der Waals surface area (Å²) in [5.74, 6) is 0.196. The molecule has 8 nitrogen and oxygen atoms in total. The van der Waals surface area contributed by atoms with Crippen molar-refractivity contribution in [1.82, 2.24) is 0 Å². The lowest BCUT2D eigenvalue weighted by Crippen LogP contribution is -2.13. The highest BCUT2D eigenvalue weighted by Crippen LogP contribution is 2.35. The Hall–Kier alpha value is -4.06. The van der Waals surface area contributed by atoms with Gasteiger partial charge in [0, 0.05) is 23.9 Å². The lowest BCUT2D eigenvalue weighted by molar-refractivity contribution is -0.384. The second kappa shape index (κ2) is 11.9. The number of carbonyl (C=O) groups is 1. The van der Waals surface area contributed by atoms with Crippen LogP contribution in [0.5, 0.6) is 11.5 Å². The van der Waals surface area contributed by atoms with Crippen LogP contribution in [-0.4, -0.2) is 17.4 Å². The first kappa shape index (κ1) is 25.6. The summed E-state index contributed by atoms with van der Waals surface area (Å²) in [7, 11) is 0. The molecule has 1 amide bonds. The minimum atomic E-state index is -0.605. The zero-order chi connectivity index (χ0) is 25.4. The molecule has 0 aliphatic rings. The third-order valence-electron chi connectivity index (χ3n) is 4.63. The van der Waals surface area contributed by atoms with Crippen LogP contribution >= 0.6 is 23.2 Å². The molecule has 0 bridgehead atoms. The van der Waals surface area contributed by atoms with E-state index in [2.05, 4.69) is 5.32 Å². The van der Waals surface area contributed by atoms with Gasteiger partial charge in [-0.1, -0.05) is 29.3 Å². The number of hydrogen-bond donors (Lipinski definition) is 1. The Kier molecular flexibility index (Phi) is 8.68. The van der Waals surface area contributed by atoms with Crippen molar-refractivity contribution in [3.05, 3.63) is 97.5 Å². The molecule has 3 aromatic rings. The summed E-state index contributed by atoms with van der Waals surface area (Å²) in [6.07, 6.45) is 1.36. The molecule has 35 heavy (non-hydrogen) atoms. The maximum absolute atomic E-state index is 12.6. The van der Waals surface area contributed by atoms with Crippen LogP contribution in [0.3, 0.4) is 0 Å². The van der Waals surface area contributed by atoms with Crippen LogP contribution in [0.4, 0.5) is 11.4 Å². The van der Waals surface area contributed by atoms with Crippen LogP contribution in [0.2, 0.25) is 10.0 Å². The Morgan fingerprint density at radius 1 is 1.11 bits per heavy atom. The zero-order valence-corrected chi connectivity index (χ0v) is 20.0. The normalized spacial score (nSPS) is 10.9. The molecule has 1 N–H and O–H groups in total. The Bertz CT molecular complexity index is 1290. The topological polar surface area (TPSA) is 114 Å². The molecule has 0 radical (unpaired) electrons. The van der Waals surface area contributed by atoms with Crippen molar-refractivity contribution < 1.29 is 19.2 Å². The molecule has 0 unspecified atom stereocenters. The van der Waals surface area contributed by atoms with E-state index in [4.69, 9.17) is 32.7 Å². The minimum Gasteiger partial charge on any atom is -0.494 e. The van der Waals surface area contributed by atoms with Gasteiger partial charge in [0.05, 0.1) is 21.6 Å². The summed E-state index contributed by atoms with van der Waals surface area (Å²) in [5, 5.41) is 23.3. The molecule has 0 spiro atoms. The van der Waals surface area contributed by atoms with Crippen molar-refractivity contribution >= 4 is 46.6 Å². The zero-order valence-electron chi connectivity index (χ0n) is 18.5. The fraction of sp³-hybridized carbons (Fsp3) is 0.120. The summed E-state index contributed by atoms with van der Waals surface area (Å²) in [6.45, 7) is 2.42. The van der Waals surface area contributed by atoms with E-state index in [1.807, 2.05) is 13.0 Å². The number of ether oxygens (including phenoxy) is 2. The average molecular weight is 512 g/mol. The molecule has 0 aliphatic heterocycles. The number of non-ortho nitro benzene ring substituents is 1. The second-order valence-electron chi connectivity index (χ2n) is 7.11. The van der Waals surface area contributed by atoms with Gasteiger partial charge in [-0.2, -0.15) is 5.26 Å². The van der Waals surface area contributed by atoms with E-state index in [0.717, 1.165) is 0 Å². The fourth-order valence-electron chi connectivity index (χ4n) is 3.01. The van der Waals surface area contributed by atoms with Gasteiger partial charge in [-0.15, -0.1) is 0 Å². The van der Waals surface area contributed by atoms with Crippen LogP contribution in [0.15, 0.2) is 66.2 Å². The predicted octanol–water partition coefficient (Wildman–Crippen LogP) is 6.42. The summed E-state index contributed by atoms with van der Waals surface area (Å²) in [6, 6.07) is 17.6. The number of nitrogens with zero attached hydrogens (tertiary/aromatic N) is 2. The van der Waals surface area contributed by atoms with Gasteiger partial charge in [0.25, 0.3) is 11.6 Å². The monoisotopic (exact) mass is 511 g/mol. The van der Waals surface area contributed by atoms with E-state index in [1.165, 1.54) is 30.3 Å². The van der Waals surface area contributed by atoms with E-state index in [0.29, 0.717) is 29.2 Å². The first-order valence-corrected chi connectivity index (χ1v) is 11.1. The largest absolute Gasteiger partial charge is 0.494 e. The van der Waals surface area contributed by atoms with Crippen molar-refractivity contribution in [3.63, 3.8) is 0 Å². The molecule has 3 aromatic carbocycles. The van der Waals surface area contributed by atoms with E-state index in [9.17, 15) is 20.2 Å². The smallest absolute Gasteiger partial charge is 0.269 e. The maximum Gasteiger partial charge on any atom is 0.269 e. The van der Waals surface area contributed by atoms with Gasteiger partial charge in [0.1, 0.15) is 24.0 Å². The Balaban J connectivity index is 1.73. The molecule has 10 heteroatoms. The van der Waals surface area contributed by atoms with Crippen molar-refractivity contribution in [3.8, 4) is 17.6 Å². The first-order valence-electron chi connectivity index (χ1n) is 10.3.